The van der Waals surface area contributed by atoms with Crippen LogP contribution < -0.4 is 5.73 Å². The van der Waals surface area contributed by atoms with Crippen LogP contribution in [-0.4, -0.2) is 47.3 Å². The SMILES string of the molecule is Nc1nccn1CCCN1CCOCC1. The van der Waals surface area contributed by atoms with E-state index in [0.29, 0.717) is 5.95 Å². The van der Waals surface area contributed by atoms with Gasteiger partial charge in [-0.2, -0.15) is 0 Å². The van der Waals surface area contributed by atoms with E-state index in [0.717, 1.165) is 45.8 Å². The molecular weight excluding hydrogens is 192 g/mol. The van der Waals surface area contributed by atoms with Crippen molar-refractivity contribution in [1.82, 2.24) is 14.5 Å². The van der Waals surface area contributed by atoms with Gasteiger partial charge in [-0.05, 0) is 6.42 Å². The van der Waals surface area contributed by atoms with Gasteiger partial charge < -0.3 is 15.0 Å². The Hall–Kier alpha value is -1.07. The topological polar surface area (TPSA) is 56.3 Å². The number of nitrogen functional groups attached to an aromatic ring is 1. The molecule has 2 N–H and O–H groups in total. The summed E-state index contributed by atoms with van der Waals surface area (Å²) in [7, 11) is 0. The van der Waals surface area contributed by atoms with E-state index < -0.39 is 0 Å². The first-order chi connectivity index (χ1) is 7.36. The lowest BCUT2D eigenvalue weighted by molar-refractivity contribution is 0.0369. The molecule has 0 saturated carbocycles. The number of aromatic nitrogens is 2. The van der Waals surface area contributed by atoms with Gasteiger partial charge >= 0.3 is 0 Å². The molecule has 2 heterocycles. The second kappa shape index (κ2) is 5.14. The van der Waals surface area contributed by atoms with Gasteiger partial charge in [-0.1, -0.05) is 0 Å². The molecule has 1 aromatic heterocycles. The van der Waals surface area contributed by atoms with E-state index in [1.54, 1.807) is 6.20 Å². The van der Waals surface area contributed by atoms with Crippen LogP contribution in [0.4, 0.5) is 5.95 Å². The first kappa shape index (κ1) is 10.4. The van der Waals surface area contributed by atoms with Crippen LogP contribution in [0.5, 0.6) is 0 Å². The van der Waals surface area contributed by atoms with Crippen molar-refractivity contribution in [3.05, 3.63) is 12.4 Å². The number of morpholine rings is 1. The predicted octanol–water partition coefficient (Wildman–Crippen LogP) is 0.188. The highest BCUT2D eigenvalue weighted by atomic mass is 16.5. The van der Waals surface area contributed by atoms with E-state index in [1.807, 2.05) is 10.8 Å². The van der Waals surface area contributed by atoms with E-state index in [1.165, 1.54) is 0 Å². The van der Waals surface area contributed by atoms with Crippen molar-refractivity contribution in [2.45, 2.75) is 13.0 Å². The number of nitrogens with zero attached hydrogens (tertiary/aromatic N) is 3. The zero-order valence-electron chi connectivity index (χ0n) is 8.93. The van der Waals surface area contributed by atoms with Gasteiger partial charge in [-0.15, -0.1) is 0 Å². The summed E-state index contributed by atoms with van der Waals surface area (Å²) < 4.78 is 7.28. The summed E-state index contributed by atoms with van der Waals surface area (Å²) >= 11 is 0. The molecule has 5 nitrogen and oxygen atoms in total. The minimum atomic E-state index is 0.608. The maximum atomic E-state index is 5.68. The summed E-state index contributed by atoms with van der Waals surface area (Å²) in [6.07, 6.45) is 4.78. The predicted molar refractivity (Wildman–Crippen MR) is 58.5 cm³/mol. The Balaban J connectivity index is 1.68. The molecule has 2 rings (SSSR count). The quantitative estimate of drug-likeness (QED) is 0.770. The molecule has 0 bridgehead atoms. The minimum Gasteiger partial charge on any atom is -0.379 e. The molecule has 1 aliphatic heterocycles. The van der Waals surface area contributed by atoms with Crippen molar-refractivity contribution in [3.63, 3.8) is 0 Å². The fourth-order valence-electron chi connectivity index (χ4n) is 1.82. The van der Waals surface area contributed by atoms with Crippen LogP contribution in [0.25, 0.3) is 0 Å². The van der Waals surface area contributed by atoms with Crippen LogP contribution in [0, 0.1) is 0 Å². The highest BCUT2D eigenvalue weighted by molar-refractivity contribution is 5.16. The summed E-state index contributed by atoms with van der Waals surface area (Å²) in [6.45, 7) is 5.91. The third kappa shape index (κ3) is 2.94. The minimum absolute atomic E-state index is 0.608. The normalized spacial score (nSPS) is 18.1. The van der Waals surface area contributed by atoms with E-state index in [-0.39, 0.29) is 0 Å². The number of rotatable bonds is 4. The van der Waals surface area contributed by atoms with Gasteiger partial charge in [0.05, 0.1) is 13.2 Å². The number of hydrogen-bond acceptors (Lipinski definition) is 4. The number of hydrogen-bond donors (Lipinski definition) is 1. The molecule has 1 aromatic rings. The van der Waals surface area contributed by atoms with E-state index >= 15 is 0 Å². The monoisotopic (exact) mass is 210 g/mol. The first-order valence-corrected chi connectivity index (χ1v) is 5.43. The third-order valence-corrected chi connectivity index (χ3v) is 2.72. The Morgan fingerprint density at radius 3 is 2.80 bits per heavy atom. The molecule has 0 radical (unpaired) electrons. The van der Waals surface area contributed by atoms with E-state index in [2.05, 4.69) is 9.88 Å². The van der Waals surface area contributed by atoms with Crippen LogP contribution in [0.15, 0.2) is 12.4 Å². The summed E-state index contributed by atoms with van der Waals surface area (Å²) in [5, 5.41) is 0. The van der Waals surface area contributed by atoms with Crippen molar-refractivity contribution in [2.24, 2.45) is 0 Å². The molecule has 15 heavy (non-hydrogen) atoms. The van der Waals surface area contributed by atoms with Gasteiger partial charge in [0.15, 0.2) is 5.95 Å². The summed E-state index contributed by atoms with van der Waals surface area (Å²) in [5.41, 5.74) is 5.68. The van der Waals surface area contributed by atoms with Crippen LogP contribution >= 0.6 is 0 Å². The van der Waals surface area contributed by atoms with E-state index in [9.17, 15) is 0 Å². The molecule has 5 heteroatoms. The lowest BCUT2D eigenvalue weighted by atomic mass is 10.3. The average Bonchev–Trinajstić information content (AvgIpc) is 2.66. The highest BCUT2D eigenvalue weighted by Gasteiger charge is 2.09. The maximum Gasteiger partial charge on any atom is 0.200 e. The summed E-state index contributed by atoms with van der Waals surface area (Å²) in [6, 6.07) is 0. The van der Waals surface area contributed by atoms with Crippen molar-refractivity contribution in [3.8, 4) is 0 Å². The smallest absolute Gasteiger partial charge is 0.200 e. The highest BCUT2D eigenvalue weighted by Crippen LogP contribution is 2.03. The van der Waals surface area contributed by atoms with Crippen LogP contribution in [0.1, 0.15) is 6.42 Å². The molecule has 0 aliphatic carbocycles. The van der Waals surface area contributed by atoms with Crippen LogP contribution in [-0.2, 0) is 11.3 Å². The van der Waals surface area contributed by atoms with Gasteiger partial charge in [0.25, 0.3) is 0 Å². The molecular formula is C10H18N4O. The lowest BCUT2D eigenvalue weighted by Gasteiger charge is -2.26. The standard InChI is InChI=1S/C10H18N4O/c11-10-12-2-5-14(10)4-1-3-13-6-8-15-9-7-13/h2,5H,1,3-4,6-9H2,(H2,11,12). The Kier molecular flexibility index (Phi) is 3.58. The number of ether oxygens (including phenoxy) is 1. The summed E-state index contributed by atoms with van der Waals surface area (Å²) in [5.74, 6) is 0.608. The fraction of sp³-hybridized carbons (Fsp3) is 0.700. The number of nitrogens with two attached hydrogens (primary N) is 1. The fourth-order valence-corrected chi connectivity index (χ4v) is 1.82. The summed E-state index contributed by atoms with van der Waals surface area (Å²) in [4.78, 5) is 6.42. The van der Waals surface area contributed by atoms with Crippen molar-refractivity contribution < 1.29 is 4.74 Å². The lowest BCUT2D eigenvalue weighted by Crippen LogP contribution is -2.37. The zero-order chi connectivity index (χ0) is 10.5. The maximum absolute atomic E-state index is 5.68. The van der Waals surface area contributed by atoms with Gasteiger partial charge in [0.2, 0.25) is 0 Å². The van der Waals surface area contributed by atoms with Crippen LogP contribution in [0.3, 0.4) is 0 Å². The Labute approximate surface area is 89.8 Å². The Morgan fingerprint density at radius 1 is 1.33 bits per heavy atom. The Bertz CT molecular complexity index is 293. The van der Waals surface area contributed by atoms with Gasteiger partial charge in [0.1, 0.15) is 0 Å². The molecule has 0 amide bonds. The Morgan fingerprint density at radius 2 is 2.13 bits per heavy atom. The van der Waals surface area contributed by atoms with Gasteiger partial charge in [-0.25, -0.2) is 4.98 Å². The van der Waals surface area contributed by atoms with Gasteiger partial charge in [0, 0.05) is 38.6 Å². The molecule has 0 spiro atoms. The molecule has 0 unspecified atom stereocenters. The van der Waals surface area contributed by atoms with Gasteiger partial charge in [-0.3, -0.25) is 4.90 Å². The number of imidazole rings is 1. The third-order valence-electron chi connectivity index (χ3n) is 2.72. The number of aryl methyl sites for hydroxylation is 1. The van der Waals surface area contributed by atoms with Crippen molar-refractivity contribution >= 4 is 5.95 Å². The molecule has 1 aliphatic rings. The second-order valence-electron chi connectivity index (χ2n) is 3.79. The molecule has 0 atom stereocenters. The van der Waals surface area contributed by atoms with E-state index in [4.69, 9.17) is 10.5 Å². The first-order valence-electron chi connectivity index (χ1n) is 5.43. The second-order valence-corrected chi connectivity index (χ2v) is 3.79. The molecule has 1 saturated heterocycles. The average molecular weight is 210 g/mol. The number of anilines is 1. The largest absolute Gasteiger partial charge is 0.379 e. The van der Waals surface area contributed by atoms with Crippen LogP contribution in [0.2, 0.25) is 0 Å². The van der Waals surface area contributed by atoms with Crippen molar-refractivity contribution in [1.29, 1.82) is 0 Å². The van der Waals surface area contributed by atoms with Crippen molar-refractivity contribution in [2.75, 3.05) is 38.6 Å². The molecule has 84 valence electrons. The molecule has 0 aromatic carbocycles. The molecule has 1 fully saturated rings. The zero-order valence-corrected chi connectivity index (χ0v) is 8.93.